The SMILES string of the molecule is CCCC(C)(C)c1ccc(-c2nnc(NC3CCCN(C)C3)c3ccccc23)cn1. The molecule has 3 heterocycles. The highest BCUT2D eigenvalue weighted by atomic mass is 15.2. The second kappa shape index (κ2) is 8.68. The number of pyridine rings is 1. The van der Waals surface area contributed by atoms with Crippen LogP contribution in [0.15, 0.2) is 42.6 Å². The van der Waals surface area contributed by atoms with Crippen LogP contribution < -0.4 is 5.32 Å². The van der Waals surface area contributed by atoms with E-state index < -0.39 is 0 Å². The fraction of sp³-hybridized carbons (Fsp3) is 0.480. The van der Waals surface area contributed by atoms with Crippen molar-refractivity contribution >= 4 is 16.6 Å². The molecular formula is C25H33N5. The van der Waals surface area contributed by atoms with Crippen molar-refractivity contribution in [2.24, 2.45) is 0 Å². The minimum atomic E-state index is 0.0853. The molecule has 0 aliphatic carbocycles. The van der Waals surface area contributed by atoms with Crippen molar-refractivity contribution in [1.29, 1.82) is 0 Å². The van der Waals surface area contributed by atoms with Crippen LogP contribution in [0.25, 0.3) is 22.0 Å². The standard InChI is InChI=1S/C25H33N5/c1-5-14-25(2,3)22-13-12-18(16-26-22)23-20-10-6-7-11-21(20)24(29-28-23)27-19-9-8-15-30(4)17-19/h6-7,10-13,16,19H,5,8-9,14-15,17H2,1-4H3,(H,27,29). The Morgan fingerprint density at radius 2 is 1.90 bits per heavy atom. The van der Waals surface area contributed by atoms with Crippen molar-refractivity contribution in [1.82, 2.24) is 20.1 Å². The van der Waals surface area contributed by atoms with Gasteiger partial charge in [0.1, 0.15) is 5.69 Å². The molecule has 1 saturated heterocycles. The molecule has 1 fully saturated rings. The average Bonchev–Trinajstić information content (AvgIpc) is 2.74. The van der Waals surface area contributed by atoms with E-state index in [1.807, 2.05) is 6.20 Å². The van der Waals surface area contributed by atoms with Crippen molar-refractivity contribution < 1.29 is 0 Å². The van der Waals surface area contributed by atoms with Crippen molar-refractivity contribution in [2.75, 3.05) is 25.5 Å². The van der Waals surface area contributed by atoms with Gasteiger partial charge in [-0.1, -0.05) is 51.5 Å². The number of nitrogens with zero attached hydrogens (tertiary/aromatic N) is 4. The summed E-state index contributed by atoms with van der Waals surface area (Å²) in [5, 5.41) is 15.1. The summed E-state index contributed by atoms with van der Waals surface area (Å²) in [6, 6.07) is 13.1. The molecule has 0 bridgehead atoms. The topological polar surface area (TPSA) is 53.9 Å². The molecule has 0 spiro atoms. The van der Waals surface area contributed by atoms with Crippen molar-refractivity contribution in [3.63, 3.8) is 0 Å². The van der Waals surface area contributed by atoms with Gasteiger partial charge in [0.05, 0.1) is 0 Å². The number of likely N-dealkylation sites (N-methyl/N-ethyl adjacent to an activating group) is 1. The Labute approximate surface area is 179 Å². The van der Waals surface area contributed by atoms with Gasteiger partial charge in [-0.15, -0.1) is 10.2 Å². The number of likely N-dealkylation sites (tertiary alicyclic amines) is 1. The number of benzene rings is 1. The second-order valence-corrected chi connectivity index (χ2v) is 9.25. The molecule has 1 N–H and O–H groups in total. The zero-order valence-corrected chi connectivity index (χ0v) is 18.7. The molecule has 5 heteroatoms. The maximum atomic E-state index is 4.79. The molecule has 0 saturated carbocycles. The van der Waals surface area contributed by atoms with E-state index in [9.17, 15) is 0 Å². The molecule has 1 atom stereocenters. The van der Waals surface area contributed by atoms with E-state index in [0.29, 0.717) is 6.04 Å². The first kappa shape index (κ1) is 20.7. The van der Waals surface area contributed by atoms with Gasteiger partial charge in [0, 0.05) is 46.2 Å². The Kier molecular flexibility index (Phi) is 6.00. The number of hydrogen-bond acceptors (Lipinski definition) is 5. The molecule has 3 aromatic rings. The molecule has 2 aromatic heterocycles. The van der Waals surface area contributed by atoms with E-state index >= 15 is 0 Å². The molecule has 1 aliphatic heterocycles. The molecule has 1 aromatic carbocycles. The number of anilines is 1. The van der Waals surface area contributed by atoms with Crippen LogP contribution in [0, 0.1) is 0 Å². The van der Waals surface area contributed by atoms with Crippen molar-refractivity contribution in [3.8, 4) is 11.3 Å². The van der Waals surface area contributed by atoms with Crippen molar-refractivity contribution in [3.05, 3.63) is 48.3 Å². The average molecular weight is 404 g/mol. The molecular weight excluding hydrogens is 370 g/mol. The van der Waals surface area contributed by atoms with Gasteiger partial charge in [0.25, 0.3) is 0 Å². The highest BCUT2D eigenvalue weighted by molar-refractivity contribution is 5.99. The smallest absolute Gasteiger partial charge is 0.156 e. The van der Waals surface area contributed by atoms with E-state index in [1.54, 1.807) is 0 Å². The lowest BCUT2D eigenvalue weighted by Gasteiger charge is -2.30. The summed E-state index contributed by atoms with van der Waals surface area (Å²) in [5.74, 6) is 0.878. The molecule has 1 aliphatic rings. The number of rotatable bonds is 6. The normalized spacial score (nSPS) is 17.9. The molecule has 4 rings (SSSR count). The van der Waals surface area contributed by atoms with Crippen LogP contribution in [-0.4, -0.2) is 46.3 Å². The van der Waals surface area contributed by atoms with E-state index in [1.165, 1.54) is 19.4 Å². The highest BCUT2D eigenvalue weighted by Gasteiger charge is 2.22. The summed E-state index contributed by atoms with van der Waals surface area (Å²) in [4.78, 5) is 7.16. The maximum absolute atomic E-state index is 4.79. The minimum absolute atomic E-state index is 0.0853. The molecule has 1 unspecified atom stereocenters. The van der Waals surface area contributed by atoms with Crippen molar-refractivity contribution in [2.45, 2.75) is 57.9 Å². The molecule has 0 radical (unpaired) electrons. The van der Waals surface area contributed by atoms with Gasteiger partial charge in [-0.3, -0.25) is 4.98 Å². The van der Waals surface area contributed by atoms with Gasteiger partial charge in [-0.05, 0) is 45.0 Å². The lowest BCUT2D eigenvalue weighted by Crippen LogP contribution is -2.40. The Balaban J connectivity index is 1.66. The van der Waals surface area contributed by atoms with Gasteiger partial charge in [-0.25, -0.2) is 0 Å². The Bertz CT molecular complexity index is 996. The van der Waals surface area contributed by atoms with Crippen LogP contribution >= 0.6 is 0 Å². The Hall–Kier alpha value is -2.53. The summed E-state index contributed by atoms with van der Waals surface area (Å²) in [6.07, 6.45) is 6.61. The van der Waals surface area contributed by atoms with Gasteiger partial charge in [0.15, 0.2) is 5.82 Å². The van der Waals surface area contributed by atoms with Crippen LogP contribution in [0.3, 0.4) is 0 Å². The van der Waals surface area contributed by atoms with E-state index in [0.717, 1.165) is 52.9 Å². The summed E-state index contributed by atoms with van der Waals surface area (Å²) < 4.78 is 0. The van der Waals surface area contributed by atoms with E-state index in [4.69, 9.17) is 4.98 Å². The lowest BCUT2D eigenvalue weighted by molar-refractivity contribution is 0.261. The lowest BCUT2D eigenvalue weighted by atomic mass is 9.84. The number of piperidine rings is 1. The zero-order chi connectivity index (χ0) is 21.1. The van der Waals surface area contributed by atoms with E-state index in [-0.39, 0.29) is 5.41 Å². The maximum Gasteiger partial charge on any atom is 0.156 e. The largest absolute Gasteiger partial charge is 0.364 e. The summed E-state index contributed by atoms with van der Waals surface area (Å²) in [5.41, 5.74) is 3.12. The van der Waals surface area contributed by atoms with Crippen LogP contribution in [-0.2, 0) is 5.41 Å². The third kappa shape index (κ3) is 4.31. The third-order valence-corrected chi connectivity index (χ3v) is 6.26. The monoisotopic (exact) mass is 403 g/mol. The molecule has 5 nitrogen and oxygen atoms in total. The predicted molar refractivity (Wildman–Crippen MR) is 125 cm³/mol. The highest BCUT2D eigenvalue weighted by Crippen LogP contribution is 2.32. The number of fused-ring (bicyclic) bond motifs is 1. The molecule has 158 valence electrons. The fourth-order valence-electron chi connectivity index (χ4n) is 4.59. The minimum Gasteiger partial charge on any atom is -0.364 e. The zero-order valence-electron chi connectivity index (χ0n) is 18.7. The van der Waals surface area contributed by atoms with Crippen LogP contribution in [0.1, 0.15) is 52.1 Å². The first-order chi connectivity index (χ1) is 14.5. The fourth-order valence-corrected chi connectivity index (χ4v) is 4.59. The molecule has 0 amide bonds. The molecule has 30 heavy (non-hydrogen) atoms. The Morgan fingerprint density at radius 1 is 1.10 bits per heavy atom. The van der Waals surface area contributed by atoms with Crippen LogP contribution in [0.5, 0.6) is 0 Å². The summed E-state index contributed by atoms with van der Waals surface area (Å²) >= 11 is 0. The quantitative estimate of drug-likeness (QED) is 0.607. The number of aromatic nitrogens is 3. The van der Waals surface area contributed by atoms with Gasteiger partial charge in [0.2, 0.25) is 0 Å². The second-order valence-electron chi connectivity index (χ2n) is 9.25. The summed E-state index contributed by atoms with van der Waals surface area (Å²) in [7, 11) is 2.18. The van der Waals surface area contributed by atoms with Crippen LogP contribution in [0.2, 0.25) is 0 Å². The number of nitrogens with one attached hydrogen (secondary N) is 1. The predicted octanol–water partition coefficient (Wildman–Crippen LogP) is 5.28. The first-order valence-corrected chi connectivity index (χ1v) is 11.2. The first-order valence-electron chi connectivity index (χ1n) is 11.2. The summed E-state index contributed by atoms with van der Waals surface area (Å²) in [6.45, 7) is 8.95. The van der Waals surface area contributed by atoms with Crippen LogP contribution in [0.4, 0.5) is 5.82 Å². The van der Waals surface area contributed by atoms with Gasteiger partial charge >= 0.3 is 0 Å². The Morgan fingerprint density at radius 3 is 2.60 bits per heavy atom. The van der Waals surface area contributed by atoms with Gasteiger partial charge < -0.3 is 10.2 Å². The number of hydrogen-bond donors (Lipinski definition) is 1. The third-order valence-electron chi connectivity index (χ3n) is 6.26. The van der Waals surface area contributed by atoms with Gasteiger partial charge in [-0.2, -0.15) is 0 Å². The van der Waals surface area contributed by atoms with E-state index in [2.05, 4.69) is 84.6 Å².